The minimum absolute atomic E-state index is 0.115. The number of aliphatic carboxylic acids is 1. The monoisotopic (exact) mass is 303 g/mol. The van der Waals surface area contributed by atoms with Crippen LogP contribution in [-0.2, 0) is 16.1 Å². The molecule has 0 radical (unpaired) electrons. The maximum absolute atomic E-state index is 11.8. The smallest absolute Gasteiger partial charge is 0.408 e. The molecular weight excluding hydrogens is 286 g/mol. The number of carbonyl (C=O) groups excluding carboxylic acids is 1. The van der Waals surface area contributed by atoms with Gasteiger partial charge in [-0.1, -0.05) is 30.3 Å². The fraction of sp³-hybridized carbons (Fsp3) is 0.250. The summed E-state index contributed by atoms with van der Waals surface area (Å²) in [7, 11) is 0. The number of carboxylic acid groups (broad SMARTS) is 1. The largest absolute Gasteiger partial charge is 0.481 e. The van der Waals surface area contributed by atoms with Gasteiger partial charge in [-0.3, -0.25) is 4.79 Å². The molecule has 0 fully saturated rings. The van der Waals surface area contributed by atoms with E-state index in [1.54, 1.807) is 6.07 Å². The Hall–Kier alpha value is -2.76. The molecule has 1 amide bonds. The first kappa shape index (κ1) is 15.6. The first-order valence-electron chi connectivity index (χ1n) is 6.78. The Kier molecular flexibility index (Phi) is 5.19. The summed E-state index contributed by atoms with van der Waals surface area (Å²) in [5.41, 5.74) is 1.70. The molecular formula is C16H17NO5. The van der Waals surface area contributed by atoms with Crippen LogP contribution in [0, 0.1) is 6.92 Å². The highest BCUT2D eigenvalue weighted by Crippen LogP contribution is 2.19. The highest BCUT2D eigenvalue weighted by molar-refractivity contribution is 5.71. The van der Waals surface area contributed by atoms with E-state index < -0.39 is 18.1 Å². The topological polar surface area (TPSA) is 88.8 Å². The summed E-state index contributed by atoms with van der Waals surface area (Å²) < 4.78 is 10.3. The average Bonchev–Trinajstić information content (AvgIpc) is 2.92. The highest BCUT2D eigenvalue weighted by atomic mass is 16.5. The molecule has 1 aromatic heterocycles. The Balaban J connectivity index is 1.94. The highest BCUT2D eigenvalue weighted by Gasteiger charge is 2.21. The number of rotatable bonds is 6. The Bertz CT molecular complexity index is 635. The predicted molar refractivity (Wildman–Crippen MR) is 78.2 cm³/mol. The van der Waals surface area contributed by atoms with Gasteiger partial charge in [0, 0.05) is 0 Å². The molecule has 1 atom stereocenters. The van der Waals surface area contributed by atoms with Gasteiger partial charge < -0.3 is 19.6 Å². The normalized spacial score (nSPS) is 11.7. The molecule has 1 unspecified atom stereocenters. The first-order chi connectivity index (χ1) is 10.5. The Morgan fingerprint density at radius 3 is 2.64 bits per heavy atom. The van der Waals surface area contributed by atoms with Gasteiger partial charge in [0.15, 0.2) is 0 Å². The molecule has 2 rings (SSSR count). The van der Waals surface area contributed by atoms with Crippen LogP contribution in [0.2, 0.25) is 0 Å². The number of benzene rings is 1. The van der Waals surface area contributed by atoms with Gasteiger partial charge in [-0.25, -0.2) is 4.79 Å². The zero-order valence-electron chi connectivity index (χ0n) is 12.1. The molecule has 6 heteroatoms. The van der Waals surface area contributed by atoms with Crippen molar-refractivity contribution in [2.45, 2.75) is 26.0 Å². The molecule has 0 aliphatic rings. The number of hydrogen-bond acceptors (Lipinski definition) is 4. The fourth-order valence-electron chi connectivity index (χ4n) is 1.94. The molecule has 116 valence electrons. The third-order valence-electron chi connectivity index (χ3n) is 2.98. The molecule has 1 heterocycles. The molecule has 0 spiro atoms. The Morgan fingerprint density at radius 1 is 1.32 bits per heavy atom. The van der Waals surface area contributed by atoms with Gasteiger partial charge in [-0.05, 0) is 24.1 Å². The Morgan fingerprint density at radius 2 is 2.05 bits per heavy atom. The van der Waals surface area contributed by atoms with Crippen molar-refractivity contribution in [3.05, 3.63) is 59.5 Å². The number of ether oxygens (including phenoxy) is 1. The van der Waals surface area contributed by atoms with E-state index in [1.807, 2.05) is 37.3 Å². The minimum atomic E-state index is -1.04. The number of furan rings is 1. The summed E-state index contributed by atoms with van der Waals surface area (Å²) >= 11 is 0. The number of amides is 1. The maximum atomic E-state index is 11.8. The van der Waals surface area contributed by atoms with E-state index in [1.165, 1.54) is 6.26 Å². The standard InChI is InChI=1S/C16H17NO5/c1-11-7-14(21-9-11)13(8-15(18)19)17-16(20)22-10-12-5-3-2-4-6-12/h2-7,9,13H,8,10H2,1H3,(H,17,20)(H,18,19). The summed E-state index contributed by atoms with van der Waals surface area (Å²) in [5, 5.41) is 11.5. The number of hydrogen-bond donors (Lipinski definition) is 2. The molecule has 0 aliphatic carbocycles. The van der Waals surface area contributed by atoms with Crippen LogP contribution >= 0.6 is 0 Å². The van der Waals surface area contributed by atoms with Crippen molar-refractivity contribution in [3.63, 3.8) is 0 Å². The average molecular weight is 303 g/mol. The van der Waals surface area contributed by atoms with E-state index in [2.05, 4.69) is 5.32 Å². The second-order valence-electron chi connectivity index (χ2n) is 4.88. The fourth-order valence-corrected chi connectivity index (χ4v) is 1.94. The van der Waals surface area contributed by atoms with Crippen LogP contribution in [0.15, 0.2) is 47.1 Å². The lowest BCUT2D eigenvalue weighted by Crippen LogP contribution is -2.30. The molecule has 2 N–H and O–H groups in total. The van der Waals surface area contributed by atoms with Gasteiger partial charge >= 0.3 is 12.1 Å². The van der Waals surface area contributed by atoms with Gasteiger partial charge in [0.05, 0.1) is 12.7 Å². The third kappa shape index (κ3) is 4.66. The van der Waals surface area contributed by atoms with E-state index >= 15 is 0 Å². The van der Waals surface area contributed by atoms with E-state index in [9.17, 15) is 9.59 Å². The van der Waals surface area contributed by atoms with Crippen LogP contribution in [0.4, 0.5) is 4.79 Å². The van der Waals surface area contributed by atoms with Crippen molar-refractivity contribution < 1.29 is 23.8 Å². The second kappa shape index (κ2) is 7.31. The molecule has 0 aliphatic heterocycles. The van der Waals surface area contributed by atoms with E-state index in [0.717, 1.165) is 11.1 Å². The van der Waals surface area contributed by atoms with Gasteiger partial charge in [0.2, 0.25) is 0 Å². The molecule has 22 heavy (non-hydrogen) atoms. The van der Waals surface area contributed by atoms with Crippen molar-refractivity contribution >= 4 is 12.1 Å². The van der Waals surface area contributed by atoms with Crippen LogP contribution in [0.3, 0.4) is 0 Å². The lowest BCUT2D eigenvalue weighted by Gasteiger charge is -2.14. The number of alkyl carbamates (subject to hydrolysis) is 1. The summed E-state index contributed by atoms with van der Waals surface area (Å²) in [5.74, 6) is -0.654. The number of carbonyl (C=O) groups is 2. The van der Waals surface area contributed by atoms with Crippen LogP contribution < -0.4 is 5.32 Å². The van der Waals surface area contributed by atoms with Gasteiger partial charge in [0.25, 0.3) is 0 Å². The Labute approximate surface area is 127 Å². The van der Waals surface area contributed by atoms with Crippen molar-refractivity contribution in [3.8, 4) is 0 Å². The molecule has 0 saturated carbocycles. The minimum Gasteiger partial charge on any atom is -0.481 e. The maximum Gasteiger partial charge on any atom is 0.408 e. The molecule has 1 aromatic carbocycles. The van der Waals surface area contributed by atoms with Crippen molar-refractivity contribution in [2.24, 2.45) is 0 Å². The van der Waals surface area contributed by atoms with Crippen molar-refractivity contribution in [2.75, 3.05) is 0 Å². The summed E-state index contributed by atoms with van der Waals surface area (Å²) in [6.07, 6.45) is 0.526. The lowest BCUT2D eigenvalue weighted by atomic mass is 10.1. The van der Waals surface area contributed by atoms with Crippen LogP contribution in [0.5, 0.6) is 0 Å². The van der Waals surface area contributed by atoms with Crippen LogP contribution in [-0.4, -0.2) is 17.2 Å². The van der Waals surface area contributed by atoms with Crippen LogP contribution in [0.25, 0.3) is 0 Å². The third-order valence-corrected chi connectivity index (χ3v) is 2.98. The van der Waals surface area contributed by atoms with Gasteiger partial charge in [-0.15, -0.1) is 0 Å². The zero-order valence-corrected chi connectivity index (χ0v) is 12.1. The molecule has 6 nitrogen and oxygen atoms in total. The molecule has 2 aromatic rings. The van der Waals surface area contributed by atoms with E-state index in [4.69, 9.17) is 14.3 Å². The predicted octanol–water partition coefficient (Wildman–Crippen LogP) is 3.03. The van der Waals surface area contributed by atoms with E-state index in [-0.39, 0.29) is 13.0 Å². The zero-order chi connectivity index (χ0) is 15.9. The number of aryl methyl sites for hydroxylation is 1. The summed E-state index contributed by atoms with van der Waals surface area (Å²) in [4.78, 5) is 22.7. The summed E-state index contributed by atoms with van der Waals surface area (Å²) in [6.45, 7) is 1.93. The first-order valence-corrected chi connectivity index (χ1v) is 6.78. The molecule has 0 bridgehead atoms. The SMILES string of the molecule is Cc1coc(C(CC(=O)O)NC(=O)OCc2ccccc2)c1. The van der Waals surface area contributed by atoms with Crippen LogP contribution in [0.1, 0.15) is 29.3 Å². The van der Waals surface area contributed by atoms with E-state index in [0.29, 0.717) is 5.76 Å². The molecule has 0 saturated heterocycles. The van der Waals surface area contributed by atoms with Crippen molar-refractivity contribution in [1.82, 2.24) is 5.32 Å². The number of carboxylic acids is 1. The van der Waals surface area contributed by atoms with Gasteiger partial charge in [-0.2, -0.15) is 0 Å². The quantitative estimate of drug-likeness (QED) is 0.856. The van der Waals surface area contributed by atoms with Gasteiger partial charge in [0.1, 0.15) is 18.4 Å². The van der Waals surface area contributed by atoms with Crippen molar-refractivity contribution in [1.29, 1.82) is 0 Å². The lowest BCUT2D eigenvalue weighted by molar-refractivity contribution is -0.137. The number of nitrogens with one attached hydrogen (secondary N) is 1. The summed E-state index contributed by atoms with van der Waals surface area (Å²) in [6, 6.07) is 10.1. The second-order valence-corrected chi connectivity index (χ2v) is 4.88.